The number of aliphatic hydroxyl groups excluding tert-OH is 1. The summed E-state index contributed by atoms with van der Waals surface area (Å²) in [6, 6.07) is 9.65. The van der Waals surface area contributed by atoms with Crippen LogP contribution in [0.15, 0.2) is 30.3 Å². The van der Waals surface area contributed by atoms with Crippen molar-refractivity contribution in [2.45, 2.75) is 75.4 Å². The van der Waals surface area contributed by atoms with E-state index in [2.05, 4.69) is 29.6 Å². The Morgan fingerprint density at radius 1 is 1.21 bits per heavy atom. The summed E-state index contributed by atoms with van der Waals surface area (Å²) in [5.41, 5.74) is 3.61. The Kier molecular flexibility index (Phi) is 5.68. The largest absolute Gasteiger partial charge is 0.394 e. The molecule has 28 heavy (non-hydrogen) atoms. The number of rotatable bonds is 4. The van der Waals surface area contributed by atoms with Crippen molar-refractivity contribution in [1.29, 1.82) is 5.26 Å². The molecule has 2 amide bonds. The van der Waals surface area contributed by atoms with E-state index in [0.717, 1.165) is 44.1 Å². The van der Waals surface area contributed by atoms with Crippen molar-refractivity contribution >= 4 is 11.6 Å². The van der Waals surface area contributed by atoms with E-state index < -0.39 is 6.04 Å². The van der Waals surface area contributed by atoms with Crippen LogP contribution in [-0.2, 0) is 0 Å². The van der Waals surface area contributed by atoms with E-state index in [1.165, 1.54) is 24.0 Å². The monoisotopic (exact) mass is 379 g/mol. The third-order valence-corrected chi connectivity index (χ3v) is 6.61. The van der Waals surface area contributed by atoms with Crippen molar-refractivity contribution in [1.82, 2.24) is 10.2 Å². The molecule has 0 spiro atoms. The van der Waals surface area contributed by atoms with Crippen LogP contribution in [0.3, 0.4) is 0 Å². The molecular weight excluding hydrogens is 350 g/mol. The van der Waals surface area contributed by atoms with Gasteiger partial charge in [-0.2, -0.15) is 5.26 Å². The summed E-state index contributed by atoms with van der Waals surface area (Å²) in [7, 11) is 0. The minimum absolute atomic E-state index is 0.131. The van der Waals surface area contributed by atoms with Crippen molar-refractivity contribution < 1.29 is 9.90 Å². The number of nitriles is 1. The zero-order chi connectivity index (χ0) is 19.5. The van der Waals surface area contributed by atoms with Gasteiger partial charge in [-0.15, -0.1) is 0 Å². The molecule has 2 fully saturated rings. The van der Waals surface area contributed by atoms with E-state index in [4.69, 9.17) is 0 Å². The summed E-state index contributed by atoms with van der Waals surface area (Å²) in [6.45, 7) is -0.131. The van der Waals surface area contributed by atoms with Crippen LogP contribution in [0.4, 0.5) is 4.79 Å². The number of nitrogens with one attached hydrogen (secondary N) is 1. The molecule has 2 N–H and O–H groups in total. The highest BCUT2D eigenvalue weighted by molar-refractivity contribution is 5.78. The van der Waals surface area contributed by atoms with Crippen LogP contribution in [-0.4, -0.2) is 40.8 Å². The average molecular weight is 380 g/mol. The number of urea groups is 1. The summed E-state index contributed by atoms with van der Waals surface area (Å²) in [4.78, 5) is 14.4. The number of hydrogen-bond donors (Lipinski definition) is 2. The first-order valence-corrected chi connectivity index (χ1v) is 10.6. The number of nitrogens with zero attached hydrogens (tertiary/aromatic N) is 2. The minimum Gasteiger partial charge on any atom is -0.394 e. The second kappa shape index (κ2) is 8.36. The van der Waals surface area contributed by atoms with Gasteiger partial charge < -0.3 is 15.3 Å². The molecule has 5 heteroatoms. The quantitative estimate of drug-likeness (QED) is 0.832. The SMILES string of the molecule is N#C[C@@H]1[C@H](c2ccccc2C2=CCCCC2)[C@H](CO)N1C(=O)NC1CCCC1. The van der Waals surface area contributed by atoms with Crippen LogP contribution >= 0.6 is 0 Å². The maximum absolute atomic E-state index is 12.8. The molecule has 0 bridgehead atoms. The fourth-order valence-electron chi connectivity index (χ4n) is 5.14. The molecule has 3 aliphatic rings. The average Bonchev–Trinajstić information content (AvgIpc) is 3.22. The highest BCUT2D eigenvalue weighted by Crippen LogP contribution is 2.44. The highest BCUT2D eigenvalue weighted by atomic mass is 16.3. The van der Waals surface area contributed by atoms with Gasteiger partial charge >= 0.3 is 6.03 Å². The second-order valence-corrected chi connectivity index (χ2v) is 8.25. The number of benzene rings is 1. The molecule has 1 saturated carbocycles. The van der Waals surface area contributed by atoms with Gasteiger partial charge in [0.15, 0.2) is 0 Å². The second-order valence-electron chi connectivity index (χ2n) is 8.25. The first kappa shape index (κ1) is 19.0. The van der Waals surface area contributed by atoms with Crippen molar-refractivity contribution in [2.24, 2.45) is 0 Å². The number of amides is 2. The van der Waals surface area contributed by atoms with Crippen LogP contribution in [0, 0.1) is 11.3 Å². The van der Waals surface area contributed by atoms with Crippen LogP contribution < -0.4 is 5.32 Å². The minimum atomic E-state index is -0.538. The molecule has 1 heterocycles. The molecule has 2 aliphatic carbocycles. The van der Waals surface area contributed by atoms with Gasteiger partial charge in [0.05, 0.1) is 18.7 Å². The lowest BCUT2D eigenvalue weighted by atomic mass is 9.73. The van der Waals surface area contributed by atoms with E-state index in [1.807, 2.05) is 12.1 Å². The molecule has 1 aliphatic heterocycles. The predicted octanol–water partition coefficient (Wildman–Crippen LogP) is 3.95. The Labute approximate surface area is 167 Å². The molecule has 5 nitrogen and oxygen atoms in total. The molecule has 0 aromatic heterocycles. The molecule has 4 rings (SSSR count). The number of aliphatic hydroxyl groups is 1. The number of allylic oxidation sites excluding steroid dienone is 2. The molecule has 1 saturated heterocycles. The summed E-state index contributed by atoms with van der Waals surface area (Å²) in [5, 5.41) is 23.0. The summed E-state index contributed by atoms with van der Waals surface area (Å²) < 4.78 is 0. The van der Waals surface area contributed by atoms with Crippen molar-refractivity contribution in [3.8, 4) is 6.07 Å². The Morgan fingerprint density at radius 3 is 2.68 bits per heavy atom. The zero-order valence-corrected chi connectivity index (χ0v) is 16.3. The Bertz CT molecular complexity index is 791. The summed E-state index contributed by atoms with van der Waals surface area (Å²) in [5.74, 6) is -0.150. The first-order valence-electron chi connectivity index (χ1n) is 10.6. The fourth-order valence-corrected chi connectivity index (χ4v) is 5.14. The van der Waals surface area contributed by atoms with Crippen molar-refractivity contribution in [2.75, 3.05) is 6.61 Å². The van der Waals surface area contributed by atoms with Gasteiger partial charge in [0, 0.05) is 12.0 Å². The Balaban J connectivity index is 1.59. The van der Waals surface area contributed by atoms with Gasteiger partial charge in [-0.3, -0.25) is 0 Å². The molecule has 148 valence electrons. The van der Waals surface area contributed by atoms with E-state index in [9.17, 15) is 15.2 Å². The number of hydrogen-bond acceptors (Lipinski definition) is 3. The Morgan fingerprint density at radius 2 is 2.00 bits per heavy atom. The first-order chi connectivity index (χ1) is 13.7. The maximum Gasteiger partial charge on any atom is 0.319 e. The van der Waals surface area contributed by atoms with Gasteiger partial charge in [0.2, 0.25) is 0 Å². The van der Waals surface area contributed by atoms with Gasteiger partial charge in [-0.1, -0.05) is 43.2 Å². The standard InChI is InChI=1S/C23H29N3O2/c24-14-20-22(19-13-7-6-12-18(19)16-8-2-1-3-9-16)21(15-27)26(20)23(28)25-17-10-4-5-11-17/h6-8,12-13,17,20-22,27H,1-5,9-11,15H2,(H,25,28)/t20-,21+,22+/m1/s1. The maximum atomic E-state index is 12.8. The van der Waals surface area contributed by atoms with Gasteiger partial charge in [-0.25, -0.2) is 4.79 Å². The van der Waals surface area contributed by atoms with Crippen molar-refractivity contribution in [3.63, 3.8) is 0 Å². The van der Waals surface area contributed by atoms with Crippen molar-refractivity contribution in [3.05, 3.63) is 41.5 Å². The van der Waals surface area contributed by atoms with Gasteiger partial charge in [0.1, 0.15) is 6.04 Å². The molecule has 1 aromatic carbocycles. The normalized spacial score (nSPS) is 27.6. The van der Waals surface area contributed by atoms with Gasteiger partial charge in [-0.05, 0) is 55.2 Å². The summed E-state index contributed by atoms with van der Waals surface area (Å²) >= 11 is 0. The van der Waals surface area contributed by atoms with Gasteiger partial charge in [0.25, 0.3) is 0 Å². The Hall–Kier alpha value is -2.32. The summed E-state index contributed by atoms with van der Waals surface area (Å²) in [6.07, 6.45) is 11.1. The zero-order valence-electron chi connectivity index (χ0n) is 16.3. The molecule has 1 aromatic rings. The van der Waals surface area contributed by atoms with Crippen LogP contribution in [0.1, 0.15) is 68.4 Å². The highest BCUT2D eigenvalue weighted by Gasteiger charge is 2.52. The van der Waals surface area contributed by atoms with E-state index in [1.54, 1.807) is 4.90 Å². The van der Waals surface area contributed by atoms with Crippen LogP contribution in [0.25, 0.3) is 5.57 Å². The smallest absolute Gasteiger partial charge is 0.319 e. The molecule has 3 atom stereocenters. The third kappa shape index (κ3) is 3.42. The lowest BCUT2D eigenvalue weighted by Crippen LogP contribution is -2.67. The third-order valence-electron chi connectivity index (χ3n) is 6.61. The molecular formula is C23H29N3O2. The molecule has 0 unspecified atom stereocenters. The number of carbonyl (C=O) groups excluding carboxylic acids is 1. The number of likely N-dealkylation sites (tertiary alicyclic amines) is 1. The predicted molar refractivity (Wildman–Crippen MR) is 109 cm³/mol. The lowest BCUT2D eigenvalue weighted by Gasteiger charge is -2.52. The van der Waals surface area contributed by atoms with E-state index in [-0.39, 0.29) is 30.6 Å². The number of carbonyl (C=O) groups is 1. The lowest BCUT2D eigenvalue weighted by molar-refractivity contribution is 0.0157. The van der Waals surface area contributed by atoms with E-state index >= 15 is 0 Å². The van der Waals surface area contributed by atoms with E-state index in [0.29, 0.717) is 0 Å². The van der Waals surface area contributed by atoms with Crippen LogP contribution in [0.2, 0.25) is 0 Å². The topological polar surface area (TPSA) is 76.4 Å². The fraction of sp³-hybridized carbons (Fsp3) is 0.565. The van der Waals surface area contributed by atoms with Crippen LogP contribution in [0.5, 0.6) is 0 Å². The molecule has 0 radical (unpaired) electrons.